The predicted octanol–water partition coefficient (Wildman–Crippen LogP) is 4.39. The topological polar surface area (TPSA) is 30.0 Å². The van der Waals surface area contributed by atoms with Gasteiger partial charge in [-0.1, -0.05) is 28.1 Å². The summed E-state index contributed by atoms with van der Waals surface area (Å²) in [5, 5.41) is 0.888. The largest absolute Gasteiger partial charge is 0.294 e. The van der Waals surface area contributed by atoms with Gasteiger partial charge in [0.25, 0.3) is 0 Å². The van der Waals surface area contributed by atoms with Gasteiger partial charge in [-0.3, -0.25) is 4.79 Å². The fourth-order valence-electron chi connectivity index (χ4n) is 1.63. The monoisotopic (exact) mass is 309 g/mol. The lowest BCUT2D eigenvalue weighted by molar-refractivity contribution is 0.102. The Hall–Kier alpha value is -1.000. The van der Waals surface area contributed by atoms with E-state index in [0.717, 1.165) is 25.6 Å². The summed E-state index contributed by atoms with van der Waals surface area (Å²) in [5.74, 6) is 0.0782. The Balaban J connectivity index is 2.53. The summed E-state index contributed by atoms with van der Waals surface area (Å²) in [4.78, 5) is 16.6. The van der Waals surface area contributed by atoms with Gasteiger partial charge in [0.1, 0.15) is 5.01 Å². The molecule has 0 aliphatic rings. The van der Waals surface area contributed by atoms with Gasteiger partial charge in [0.15, 0.2) is 5.78 Å². The van der Waals surface area contributed by atoms with Gasteiger partial charge in [0.2, 0.25) is 0 Å². The molecule has 1 heterocycles. The molecular weight excluding hydrogens is 298 g/mol. The van der Waals surface area contributed by atoms with E-state index in [0.29, 0.717) is 0 Å². The number of benzene rings is 1. The van der Waals surface area contributed by atoms with Crippen LogP contribution >= 0.6 is 27.3 Å². The van der Waals surface area contributed by atoms with Crippen LogP contribution in [0.1, 0.15) is 27.9 Å². The van der Waals surface area contributed by atoms with Crippen molar-refractivity contribution < 1.29 is 4.79 Å². The summed E-state index contributed by atoms with van der Waals surface area (Å²) < 4.78 is 1.02. The zero-order valence-corrected chi connectivity index (χ0v) is 12.3. The highest BCUT2D eigenvalue weighted by Gasteiger charge is 2.14. The van der Waals surface area contributed by atoms with Crippen LogP contribution in [0.2, 0.25) is 0 Å². The molecule has 4 heteroatoms. The van der Waals surface area contributed by atoms with Crippen LogP contribution in [0.4, 0.5) is 0 Å². The SMILES string of the molecule is CC(=O)c1sc(-c2ccc(C)cc2Br)nc1C. The number of Topliss-reactive ketones (excluding diaryl/α,β-unsaturated/α-hetero) is 1. The molecule has 2 aromatic rings. The second-order valence-electron chi connectivity index (χ2n) is 3.97. The van der Waals surface area contributed by atoms with E-state index in [-0.39, 0.29) is 5.78 Å². The summed E-state index contributed by atoms with van der Waals surface area (Å²) in [6.45, 7) is 5.50. The van der Waals surface area contributed by atoms with Crippen LogP contribution in [0.25, 0.3) is 10.6 Å². The van der Waals surface area contributed by atoms with Gasteiger partial charge < -0.3 is 0 Å². The van der Waals surface area contributed by atoms with Gasteiger partial charge in [0.05, 0.1) is 10.6 Å². The number of nitrogens with zero attached hydrogens (tertiary/aromatic N) is 1. The van der Waals surface area contributed by atoms with Crippen molar-refractivity contribution in [3.8, 4) is 10.6 Å². The van der Waals surface area contributed by atoms with Gasteiger partial charge in [-0.2, -0.15) is 0 Å². The third-order valence-corrected chi connectivity index (χ3v) is 4.42. The highest BCUT2D eigenvalue weighted by molar-refractivity contribution is 9.10. The molecular formula is C13H12BrNOS. The fraction of sp³-hybridized carbons (Fsp3) is 0.231. The minimum atomic E-state index is 0.0782. The minimum Gasteiger partial charge on any atom is -0.294 e. The Bertz CT molecular complexity index is 589. The maximum absolute atomic E-state index is 11.4. The summed E-state index contributed by atoms with van der Waals surface area (Å²) in [5.41, 5.74) is 3.04. The number of aryl methyl sites for hydroxylation is 2. The Morgan fingerprint density at radius 2 is 2.06 bits per heavy atom. The molecule has 0 atom stereocenters. The summed E-state index contributed by atoms with van der Waals surface area (Å²) >= 11 is 4.99. The highest BCUT2D eigenvalue weighted by Crippen LogP contribution is 2.33. The smallest absolute Gasteiger partial charge is 0.171 e. The lowest BCUT2D eigenvalue weighted by atomic mass is 10.2. The first kappa shape index (κ1) is 12.5. The van der Waals surface area contributed by atoms with Crippen molar-refractivity contribution in [3.63, 3.8) is 0 Å². The van der Waals surface area contributed by atoms with Crippen LogP contribution in [-0.4, -0.2) is 10.8 Å². The number of hydrogen-bond donors (Lipinski definition) is 0. The molecule has 1 aromatic heterocycles. The first-order valence-corrected chi connectivity index (χ1v) is 6.85. The number of halogens is 1. The zero-order chi connectivity index (χ0) is 12.6. The average Bonchev–Trinajstić information content (AvgIpc) is 2.60. The molecule has 0 unspecified atom stereocenters. The molecule has 0 N–H and O–H groups in total. The van der Waals surface area contributed by atoms with E-state index in [2.05, 4.69) is 27.0 Å². The molecule has 0 saturated heterocycles. The molecule has 1 aromatic carbocycles. The lowest BCUT2D eigenvalue weighted by Gasteiger charge is -2.01. The third-order valence-electron chi connectivity index (χ3n) is 2.47. The Morgan fingerprint density at radius 3 is 2.59 bits per heavy atom. The summed E-state index contributed by atoms with van der Waals surface area (Å²) in [7, 11) is 0. The van der Waals surface area contributed by atoms with Crippen molar-refractivity contribution >= 4 is 33.0 Å². The van der Waals surface area contributed by atoms with Crippen LogP contribution in [0.5, 0.6) is 0 Å². The van der Waals surface area contributed by atoms with E-state index in [1.165, 1.54) is 16.9 Å². The Morgan fingerprint density at radius 1 is 1.35 bits per heavy atom. The molecule has 2 nitrogen and oxygen atoms in total. The van der Waals surface area contributed by atoms with Crippen LogP contribution in [0, 0.1) is 13.8 Å². The van der Waals surface area contributed by atoms with E-state index in [1.54, 1.807) is 6.92 Å². The summed E-state index contributed by atoms with van der Waals surface area (Å²) in [6.07, 6.45) is 0. The predicted molar refractivity (Wildman–Crippen MR) is 74.7 cm³/mol. The third kappa shape index (κ3) is 2.48. The normalized spacial score (nSPS) is 10.6. The van der Waals surface area contributed by atoms with Crippen LogP contribution in [0.3, 0.4) is 0 Å². The van der Waals surface area contributed by atoms with Gasteiger partial charge in [-0.15, -0.1) is 11.3 Å². The summed E-state index contributed by atoms with van der Waals surface area (Å²) in [6, 6.07) is 6.13. The molecule has 0 amide bonds. The Labute approximate surface area is 113 Å². The van der Waals surface area contributed by atoms with Crippen molar-refractivity contribution in [2.45, 2.75) is 20.8 Å². The first-order chi connectivity index (χ1) is 7.99. The second kappa shape index (κ2) is 4.70. The van der Waals surface area contributed by atoms with E-state index >= 15 is 0 Å². The molecule has 2 rings (SSSR count). The number of hydrogen-bond acceptors (Lipinski definition) is 3. The van der Waals surface area contributed by atoms with E-state index < -0.39 is 0 Å². The maximum Gasteiger partial charge on any atom is 0.171 e. The van der Waals surface area contributed by atoms with Gasteiger partial charge >= 0.3 is 0 Å². The second-order valence-corrected chi connectivity index (χ2v) is 5.83. The van der Waals surface area contributed by atoms with Crippen molar-refractivity contribution in [1.82, 2.24) is 4.98 Å². The maximum atomic E-state index is 11.4. The molecule has 17 heavy (non-hydrogen) atoms. The molecule has 0 bridgehead atoms. The van der Waals surface area contributed by atoms with E-state index in [1.807, 2.05) is 26.0 Å². The number of thiazole rings is 1. The van der Waals surface area contributed by atoms with Gasteiger partial charge in [0, 0.05) is 17.0 Å². The lowest BCUT2D eigenvalue weighted by Crippen LogP contribution is -1.89. The van der Waals surface area contributed by atoms with Crippen molar-refractivity contribution in [2.75, 3.05) is 0 Å². The molecule has 0 spiro atoms. The molecule has 0 fully saturated rings. The average molecular weight is 310 g/mol. The van der Waals surface area contributed by atoms with Crippen molar-refractivity contribution in [2.24, 2.45) is 0 Å². The van der Waals surface area contributed by atoms with Gasteiger partial charge in [-0.05, 0) is 25.5 Å². The number of carbonyl (C=O) groups is 1. The number of ketones is 1. The highest BCUT2D eigenvalue weighted by atomic mass is 79.9. The molecule has 88 valence electrons. The number of carbonyl (C=O) groups excluding carboxylic acids is 1. The van der Waals surface area contributed by atoms with E-state index in [9.17, 15) is 4.79 Å². The van der Waals surface area contributed by atoms with Gasteiger partial charge in [-0.25, -0.2) is 4.98 Å². The van der Waals surface area contributed by atoms with Crippen LogP contribution in [-0.2, 0) is 0 Å². The van der Waals surface area contributed by atoms with Crippen molar-refractivity contribution in [3.05, 3.63) is 38.8 Å². The minimum absolute atomic E-state index is 0.0782. The molecule has 0 aliphatic carbocycles. The standard InChI is InChI=1S/C13H12BrNOS/c1-7-4-5-10(11(14)6-7)13-15-8(2)12(17-13)9(3)16/h4-6H,1-3H3. The van der Waals surface area contributed by atoms with E-state index in [4.69, 9.17) is 0 Å². The number of rotatable bonds is 2. The first-order valence-electron chi connectivity index (χ1n) is 5.24. The Kier molecular flexibility index (Phi) is 3.45. The number of aromatic nitrogens is 1. The molecule has 0 saturated carbocycles. The fourth-order valence-corrected chi connectivity index (χ4v) is 3.45. The quantitative estimate of drug-likeness (QED) is 0.770. The molecule has 0 aliphatic heterocycles. The van der Waals surface area contributed by atoms with Crippen molar-refractivity contribution in [1.29, 1.82) is 0 Å². The zero-order valence-electron chi connectivity index (χ0n) is 9.87. The molecule has 0 radical (unpaired) electrons. The van der Waals surface area contributed by atoms with Crippen LogP contribution < -0.4 is 0 Å². The van der Waals surface area contributed by atoms with Crippen LogP contribution in [0.15, 0.2) is 22.7 Å².